The Morgan fingerprint density at radius 2 is 2.17 bits per heavy atom. The van der Waals surface area contributed by atoms with Crippen LogP contribution in [0.5, 0.6) is 0 Å². The molecule has 3 aliphatic rings. The molecule has 3 heterocycles. The van der Waals surface area contributed by atoms with Crippen molar-refractivity contribution in [2.45, 2.75) is 19.3 Å². The average Bonchev–Trinajstić information content (AvgIpc) is 3.08. The number of thiophene rings is 1. The van der Waals surface area contributed by atoms with E-state index in [4.69, 9.17) is 4.74 Å². The van der Waals surface area contributed by atoms with Gasteiger partial charge in [-0.2, -0.15) is 11.3 Å². The molecule has 0 radical (unpaired) electrons. The quantitative estimate of drug-likeness (QED) is 0.885. The monoisotopic (exact) mass is 348 g/mol. The fraction of sp³-hybridized carbons (Fsp3) is 0.667. The highest BCUT2D eigenvalue weighted by Gasteiger charge is 2.43. The van der Waals surface area contributed by atoms with Gasteiger partial charge in [0.2, 0.25) is 5.91 Å². The summed E-state index contributed by atoms with van der Waals surface area (Å²) in [6.07, 6.45) is 3.02. The van der Waals surface area contributed by atoms with Crippen LogP contribution in [0, 0.1) is 23.7 Å². The number of likely N-dealkylation sites (tertiary alicyclic amines) is 1. The number of carbonyl (C=O) groups is 2. The first-order chi connectivity index (χ1) is 11.7. The molecule has 0 spiro atoms. The van der Waals surface area contributed by atoms with Crippen molar-refractivity contribution in [3.05, 3.63) is 22.4 Å². The molecule has 4 rings (SSSR count). The van der Waals surface area contributed by atoms with Crippen molar-refractivity contribution in [1.82, 2.24) is 10.2 Å². The summed E-state index contributed by atoms with van der Waals surface area (Å²) >= 11 is 1.55. The second-order valence-corrected chi connectivity index (χ2v) is 8.18. The molecular formula is C18H24N2O3S. The standard InChI is InChI=1S/C18H24N2O3S/c21-17(19-6-12-1-2-12)5-14-9-23-10-15-7-20(8-16(14)15)18(22)13-3-4-24-11-13/h3-4,11-12,14-16H,1-2,5-10H2,(H,19,21)/t14-,15-,16+/m1/s1. The summed E-state index contributed by atoms with van der Waals surface area (Å²) in [6.45, 7) is 3.67. The third-order valence-electron chi connectivity index (χ3n) is 5.55. The maximum Gasteiger partial charge on any atom is 0.254 e. The van der Waals surface area contributed by atoms with E-state index >= 15 is 0 Å². The Morgan fingerprint density at radius 3 is 2.92 bits per heavy atom. The topological polar surface area (TPSA) is 58.6 Å². The van der Waals surface area contributed by atoms with Crippen molar-refractivity contribution in [1.29, 1.82) is 0 Å². The van der Waals surface area contributed by atoms with Crippen molar-refractivity contribution < 1.29 is 14.3 Å². The molecule has 1 aromatic heterocycles. The third kappa shape index (κ3) is 3.49. The minimum Gasteiger partial charge on any atom is -0.381 e. The van der Waals surface area contributed by atoms with Gasteiger partial charge >= 0.3 is 0 Å². The van der Waals surface area contributed by atoms with Gasteiger partial charge in [0.05, 0.1) is 18.8 Å². The van der Waals surface area contributed by atoms with Gasteiger partial charge in [-0.3, -0.25) is 9.59 Å². The second-order valence-electron chi connectivity index (χ2n) is 7.40. The number of rotatable bonds is 5. The van der Waals surface area contributed by atoms with Crippen LogP contribution in [-0.2, 0) is 9.53 Å². The molecule has 3 fully saturated rings. The van der Waals surface area contributed by atoms with Crippen molar-refractivity contribution >= 4 is 23.2 Å². The van der Waals surface area contributed by atoms with E-state index in [2.05, 4.69) is 5.32 Å². The maximum absolute atomic E-state index is 12.6. The Hall–Kier alpha value is -1.40. The zero-order chi connectivity index (χ0) is 16.5. The summed E-state index contributed by atoms with van der Waals surface area (Å²) in [5.41, 5.74) is 0.776. The molecular weight excluding hydrogens is 324 g/mol. The zero-order valence-corrected chi connectivity index (χ0v) is 14.6. The average molecular weight is 348 g/mol. The molecule has 2 aliphatic heterocycles. The minimum atomic E-state index is 0.114. The highest BCUT2D eigenvalue weighted by molar-refractivity contribution is 7.08. The first kappa shape index (κ1) is 16.1. The lowest BCUT2D eigenvalue weighted by molar-refractivity contribution is -0.124. The fourth-order valence-electron chi connectivity index (χ4n) is 3.94. The summed E-state index contributed by atoms with van der Waals surface area (Å²) < 4.78 is 5.74. The number of fused-ring (bicyclic) bond motifs is 1. The lowest BCUT2D eigenvalue weighted by atomic mass is 9.81. The Balaban J connectivity index is 1.35. The Morgan fingerprint density at radius 1 is 1.29 bits per heavy atom. The van der Waals surface area contributed by atoms with Crippen molar-refractivity contribution in [3.63, 3.8) is 0 Å². The van der Waals surface area contributed by atoms with Crippen LogP contribution in [0.25, 0.3) is 0 Å². The predicted molar refractivity (Wildman–Crippen MR) is 91.9 cm³/mol. The lowest BCUT2D eigenvalue weighted by Crippen LogP contribution is -2.38. The van der Waals surface area contributed by atoms with E-state index in [-0.39, 0.29) is 17.7 Å². The van der Waals surface area contributed by atoms with Crippen molar-refractivity contribution in [2.24, 2.45) is 23.7 Å². The van der Waals surface area contributed by atoms with Crippen LogP contribution in [0.15, 0.2) is 16.8 Å². The van der Waals surface area contributed by atoms with Gasteiger partial charge in [0.25, 0.3) is 5.91 Å². The molecule has 1 aliphatic carbocycles. The summed E-state index contributed by atoms with van der Waals surface area (Å²) in [7, 11) is 0. The highest BCUT2D eigenvalue weighted by atomic mass is 32.1. The van der Waals surface area contributed by atoms with Crippen LogP contribution in [0.4, 0.5) is 0 Å². The van der Waals surface area contributed by atoms with Gasteiger partial charge < -0.3 is 15.0 Å². The highest BCUT2D eigenvalue weighted by Crippen LogP contribution is 2.36. The third-order valence-corrected chi connectivity index (χ3v) is 6.23. The van der Waals surface area contributed by atoms with Crippen LogP contribution < -0.4 is 5.32 Å². The number of ether oxygens (including phenoxy) is 1. The Labute approximate surface area is 146 Å². The molecule has 0 unspecified atom stereocenters. The number of nitrogens with zero attached hydrogens (tertiary/aromatic N) is 1. The summed E-state index contributed by atoms with van der Waals surface area (Å²) in [4.78, 5) is 26.7. The molecule has 3 atom stereocenters. The predicted octanol–water partition coefficient (Wildman–Crippen LogP) is 2.00. The smallest absolute Gasteiger partial charge is 0.254 e. The van der Waals surface area contributed by atoms with Gasteiger partial charge in [0.15, 0.2) is 0 Å². The van der Waals surface area contributed by atoms with Gasteiger partial charge in [0.1, 0.15) is 0 Å². The summed E-state index contributed by atoms with van der Waals surface area (Å²) in [5, 5.41) is 6.90. The number of hydrogen-bond acceptors (Lipinski definition) is 4. The van der Waals surface area contributed by atoms with Gasteiger partial charge in [-0.15, -0.1) is 0 Å². The molecule has 1 aromatic rings. The first-order valence-electron chi connectivity index (χ1n) is 8.86. The van der Waals surface area contributed by atoms with E-state index in [1.54, 1.807) is 11.3 Å². The zero-order valence-electron chi connectivity index (χ0n) is 13.8. The van der Waals surface area contributed by atoms with E-state index in [0.717, 1.165) is 25.2 Å². The van der Waals surface area contributed by atoms with Crippen LogP contribution in [0.1, 0.15) is 29.6 Å². The normalized spacial score (nSPS) is 29.3. The Bertz CT molecular complexity index is 599. The minimum absolute atomic E-state index is 0.114. The van der Waals surface area contributed by atoms with Gasteiger partial charge in [-0.1, -0.05) is 0 Å². The van der Waals surface area contributed by atoms with E-state index in [1.807, 2.05) is 21.7 Å². The van der Waals surface area contributed by atoms with Gasteiger partial charge in [-0.05, 0) is 42.0 Å². The molecule has 1 N–H and O–H groups in total. The molecule has 0 aromatic carbocycles. The van der Waals surface area contributed by atoms with Crippen molar-refractivity contribution in [3.8, 4) is 0 Å². The summed E-state index contributed by atoms with van der Waals surface area (Å²) in [5.74, 6) is 1.93. The van der Waals surface area contributed by atoms with Crippen molar-refractivity contribution in [2.75, 3.05) is 32.8 Å². The Kier molecular flexibility index (Phi) is 4.59. The van der Waals surface area contributed by atoms with E-state index in [9.17, 15) is 9.59 Å². The molecule has 1 saturated carbocycles. The summed E-state index contributed by atoms with van der Waals surface area (Å²) in [6, 6.07) is 1.88. The number of nitrogens with one attached hydrogen (secondary N) is 1. The fourth-order valence-corrected chi connectivity index (χ4v) is 4.57. The molecule has 0 bridgehead atoms. The second kappa shape index (κ2) is 6.84. The molecule has 6 heteroatoms. The van der Waals surface area contributed by atoms with Crippen LogP contribution in [-0.4, -0.2) is 49.6 Å². The number of amides is 2. The largest absolute Gasteiger partial charge is 0.381 e. The van der Waals surface area contributed by atoms with E-state index in [1.165, 1.54) is 12.8 Å². The van der Waals surface area contributed by atoms with Gasteiger partial charge in [-0.25, -0.2) is 0 Å². The molecule has 130 valence electrons. The van der Waals surface area contributed by atoms with E-state index < -0.39 is 0 Å². The number of carbonyl (C=O) groups excluding carboxylic acids is 2. The maximum atomic E-state index is 12.6. The number of hydrogen-bond donors (Lipinski definition) is 1. The van der Waals surface area contributed by atoms with Gasteiger partial charge in [0, 0.05) is 37.4 Å². The van der Waals surface area contributed by atoms with Crippen LogP contribution in [0.3, 0.4) is 0 Å². The SMILES string of the molecule is O=C(C[C@@H]1COC[C@H]2CN(C(=O)c3ccsc3)C[C@@H]12)NCC1CC1. The van der Waals surface area contributed by atoms with E-state index in [0.29, 0.717) is 37.4 Å². The lowest BCUT2D eigenvalue weighted by Gasteiger charge is -2.32. The molecule has 2 saturated heterocycles. The molecule has 5 nitrogen and oxygen atoms in total. The van der Waals surface area contributed by atoms with Crippen LogP contribution >= 0.6 is 11.3 Å². The van der Waals surface area contributed by atoms with Crippen LogP contribution in [0.2, 0.25) is 0 Å². The first-order valence-corrected chi connectivity index (χ1v) is 9.81. The molecule has 2 amide bonds. The molecule has 24 heavy (non-hydrogen) atoms.